The van der Waals surface area contributed by atoms with Crippen molar-refractivity contribution in [2.24, 2.45) is 17.0 Å². The van der Waals surface area contributed by atoms with Crippen LogP contribution in [0.25, 0.3) is 0 Å². The Kier molecular flexibility index (Phi) is 21.3. The Morgan fingerprint density at radius 2 is 1.67 bits per heavy atom. The number of carbonyl (C=O) groups is 1. The monoisotopic (exact) mass is 1040 g/mol. The van der Waals surface area contributed by atoms with E-state index in [2.05, 4.69) is 15.5 Å². The second kappa shape index (κ2) is 25.7. The van der Waals surface area contributed by atoms with Gasteiger partial charge in [0.05, 0.1) is 52.9 Å². The van der Waals surface area contributed by atoms with Crippen molar-refractivity contribution >= 4 is 11.7 Å². The minimum atomic E-state index is -1.85. The molecule has 5 rings (SSSR count). The number of hydrogen-bond acceptors (Lipinski definition) is 19. The largest absolute Gasteiger partial charge is 0.459 e. The fourth-order valence-corrected chi connectivity index (χ4v) is 10.9. The van der Waals surface area contributed by atoms with E-state index in [9.17, 15) is 39.9 Å². The highest BCUT2D eigenvalue weighted by Crippen LogP contribution is 2.39. The summed E-state index contributed by atoms with van der Waals surface area (Å²) < 4.78 is 59.9. The molecule has 21 heteroatoms. The first-order valence-electron chi connectivity index (χ1n) is 25.8. The predicted molar refractivity (Wildman–Crippen MR) is 268 cm³/mol. The van der Waals surface area contributed by atoms with Crippen molar-refractivity contribution in [2.45, 2.75) is 210 Å². The maximum absolute atomic E-state index is 14.8. The number of aromatic nitrogens is 3. The van der Waals surface area contributed by atoms with Gasteiger partial charge in [-0.25, -0.2) is 9.07 Å². The van der Waals surface area contributed by atoms with E-state index < -0.39 is 121 Å². The lowest BCUT2D eigenvalue weighted by Gasteiger charge is -2.47. The standard InChI is InChI=1S/C52H87FN6O14/c1-15-41-52(10,65)46(61)33(6)58(12)27-29(2)24-50(8,64)42(23-40(31(4)48(63)72-41)71-43-25-51(9,68-14)47(62)34(7)70-43)73-49-44(60)38(22-30(3)69-49)57(11)21-20-37-28-59(56-54-37)39(26-53)45(67-13)36-18-16-35(17-19-36)32(5)55-66/h16-19,28-31,33-34,38-47,49,60-62,64-66H,15,20-27H2,1-14H3/b55-32+/t29-,30-,31-,33-,34+,38+,39-,40+,41-,42-,43+,44-,45-,46-,47+,49+,50-,51-,52-/m1/s1. The zero-order valence-corrected chi connectivity index (χ0v) is 45.5. The van der Waals surface area contributed by atoms with Crippen LogP contribution in [0.3, 0.4) is 0 Å². The van der Waals surface area contributed by atoms with E-state index >= 15 is 0 Å². The Morgan fingerprint density at radius 3 is 2.27 bits per heavy atom. The lowest BCUT2D eigenvalue weighted by Crippen LogP contribution is -2.59. The van der Waals surface area contributed by atoms with E-state index in [-0.39, 0.29) is 31.6 Å². The molecule has 0 spiro atoms. The van der Waals surface area contributed by atoms with Gasteiger partial charge in [-0.3, -0.25) is 4.79 Å². The van der Waals surface area contributed by atoms with Crippen molar-refractivity contribution in [3.05, 3.63) is 47.3 Å². The summed E-state index contributed by atoms with van der Waals surface area (Å²) in [5.41, 5.74) is -2.13. The van der Waals surface area contributed by atoms with Gasteiger partial charge in [0.25, 0.3) is 0 Å². The summed E-state index contributed by atoms with van der Waals surface area (Å²) in [6, 6.07) is 5.21. The fraction of sp³-hybridized carbons (Fsp3) is 0.808. The summed E-state index contributed by atoms with van der Waals surface area (Å²) in [6.45, 7) is 17.2. The van der Waals surface area contributed by atoms with Crippen LogP contribution < -0.4 is 0 Å². The average molecular weight is 1040 g/mol. The molecule has 0 amide bonds. The van der Waals surface area contributed by atoms with Gasteiger partial charge >= 0.3 is 5.97 Å². The van der Waals surface area contributed by atoms with E-state index in [0.717, 1.165) is 0 Å². The third-order valence-electron chi connectivity index (χ3n) is 15.9. The molecular formula is C52H87FN6O14. The van der Waals surface area contributed by atoms with E-state index in [1.54, 1.807) is 78.9 Å². The second-order valence-electron chi connectivity index (χ2n) is 21.8. The van der Waals surface area contributed by atoms with Gasteiger partial charge in [-0.15, -0.1) is 5.10 Å². The Hall–Kier alpha value is -3.29. The number of aliphatic hydroxyl groups is 5. The number of oxime groups is 1. The molecule has 2 aromatic rings. The first kappa shape index (κ1) is 60.6. The number of alkyl halides is 1. The molecule has 6 N–H and O–H groups in total. The molecule has 3 aliphatic heterocycles. The molecule has 19 atom stereocenters. The first-order valence-corrected chi connectivity index (χ1v) is 25.8. The second-order valence-corrected chi connectivity index (χ2v) is 21.8. The summed E-state index contributed by atoms with van der Waals surface area (Å²) in [7, 11) is 6.68. The highest BCUT2D eigenvalue weighted by Gasteiger charge is 2.51. The third-order valence-corrected chi connectivity index (χ3v) is 15.9. The van der Waals surface area contributed by atoms with E-state index in [1.165, 1.54) is 25.8 Å². The van der Waals surface area contributed by atoms with Crippen LogP contribution in [0.5, 0.6) is 0 Å². The topological polar surface area (TPSA) is 253 Å². The van der Waals surface area contributed by atoms with Gasteiger partial charge in [-0.05, 0) is 106 Å². The molecule has 416 valence electrons. The van der Waals surface area contributed by atoms with Gasteiger partial charge in [0.15, 0.2) is 12.6 Å². The Morgan fingerprint density at radius 1 is 1.00 bits per heavy atom. The molecule has 3 saturated heterocycles. The highest BCUT2D eigenvalue weighted by atomic mass is 19.1. The number of carbonyl (C=O) groups excluding carboxylic acids is 1. The summed E-state index contributed by atoms with van der Waals surface area (Å²) >= 11 is 0. The van der Waals surface area contributed by atoms with Gasteiger partial charge < -0.3 is 73.7 Å². The number of aliphatic hydroxyl groups excluding tert-OH is 3. The lowest BCUT2D eigenvalue weighted by molar-refractivity contribution is -0.308. The highest BCUT2D eigenvalue weighted by molar-refractivity contribution is 5.98. The molecule has 1 aromatic carbocycles. The van der Waals surface area contributed by atoms with Crippen LogP contribution in [0.2, 0.25) is 0 Å². The average Bonchev–Trinajstić information content (AvgIpc) is 3.82. The third kappa shape index (κ3) is 14.4. The van der Waals surface area contributed by atoms with Crippen molar-refractivity contribution in [2.75, 3.05) is 48.1 Å². The van der Waals surface area contributed by atoms with Crippen molar-refractivity contribution < 1.29 is 73.1 Å². The Balaban J connectivity index is 1.41. The molecule has 0 radical (unpaired) electrons. The van der Waals surface area contributed by atoms with Gasteiger partial charge in [-0.2, -0.15) is 0 Å². The summed E-state index contributed by atoms with van der Waals surface area (Å²) in [5.74, 6) is -2.01. The Bertz CT molecular complexity index is 2070. The minimum Gasteiger partial charge on any atom is -0.459 e. The van der Waals surface area contributed by atoms with Crippen LogP contribution in [0.1, 0.15) is 130 Å². The van der Waals surface area contributed by atoms with Gasteiger partial charge in [0.2, 0.25) is 0 Å². The molecule has 4 heterocycles. The normalized spacial score (nSPS) is 38.9. The van der Waals surface area contributed by atoms with Crippen LogP contribution in [0.4, 0.5) is 4.39 Å². The van der Waals surface area contributed by atoms with Crippen LogP contribution >= 0.6 is 0 Å². The Labute approximate surface area is 431 Å². The zero-order chi connectivity index (χ0) is 54.3. The fourth-order valence-electron chi connectivity index (χ4n) is 10.9. The summed E-state index contributed by atoms with van der Waals surface area (Å²) in [5, 5.41) is 80.5. The van der Waals surface area contributed by atoms with E-state index in [0.29, 0.717) is 48.5 Å². The van der Waals surface area contributed by atoms with Gasteiger partial charge in [0, 0.05) is 64.9 Å². The maximum atomic E-state index is 14.8. The smallest absolute Gasteiger partial charge is 0.311 e. The maximum Gasteiger partial charge on any atom is 0.311 e. The first-order chi connectivity index (χ1) is 34.2. The van der Waals surface area contributed by atoms with E-state index in [4.69, 9.17) is 33.2 Å². The minimum absolute atomic E-state index is 0.0859. The predicted octanol–water partition coefficient (Wildman–Crippen LogP) is 3.96. The number of nitrogens with zero attached hydrogens (tertiary/aromatic N) is 6. The van der Waals surface area contributed by atoms with Crippen LogP contribution in [-0.2, 0) is 44.4 Å². The van der Waals surface area contributed by atoms with Gasteiger partial charge in [0.1, 0.15) is 48.8 Å². The molecule has 0 aliphatic carbocycles. The number of hydrogen-bond donors (Lipinski definition) is 6. The zero-order valence-electron chi connectivity index (χ0n) is 45.5. The molecule has 3 fully saturated rings. The molecule has 0 bridgehead atoms. The van der Waals surface area contributed by atoms with Crippen molar-refractivity contribution in [3.63, 3.8) is 0 Å². The molecular weight excluding hydrogens is 952 g/mol. The number of halogens is 1. The molecule has 3 aliphatic rings. The van der Waals surface area contributed by atoms with Crippen molar-refractivity contribution in [3.8, 4) is 0 Å². The van der Waals surface area contributed by atoms with Crippen molar-refractivity contribution in [1.29, 1.82) is 0 Å². The number of benzene rings is 1. The lowest BCUT2D eigenvalue weighted by atomic mass is 9.83. The van der Waals surface area contributed by atoms with Crippen LogP contribution in [0, 0.1) is 11.8 Å². The number of likely N-dealkylation sites (N-methyl/N-ethyl adjacent to an activating group) is 2. The van der Waals surface area contributed by atoms with Crippen molar-refractivity contribution in [1.82, 2.24) is 24.8 Å². The molecule has 73 heavy (non-hydrogen) atoms. The van der Waals surface area contributed by atoms with Crippen LogP contribution in [-0.4, -0.2) is 206 Å². The SMILES string of the molecule is CC[C@H]1OC(=O)[C@H](C)[C@@H](O[C@H]2C[C@@](C)(OC)[C@@H](O)[C@H](C)O2)C[C@@H](O[C@@H]2O[C@H](C)C[C@H](N(C)CCc3cn([C@H](CF)[C@H](OC)c4ccc(/C(C)=N/O)cc4)nn3)[C@H]2O)[C@](C)(O)C[C@@H](C)CN(C)[C@H](C)[C@@H](O)[C@]1(C)O. The quantitative estimate of drug-likeness (QED) is 0.0603. The molecule has 20 nitrogen and oxygen atoms in total. The number of methoxy groups -OCH3 is 2. The summed E-state index contributed by atoms with van der Waals surface area (Å²) in [6.07, 6.45) is -8.12. The molecule has 0 saturated carbocycles. The van der Waals surface area contributed by atoms with E-state index in [1.807, 2.05) is 37.7 Å². The van der Waals surface area contributed by atoms with Gasteiger partial charge in [-0.1, -0.05) is 48.5 Å². The summed E-state index contributed by atoms with van der Waals surface area (Å²) in [4.78, 5) is 18.2. The van der Waals surface area contributed by atoms with Crippen LogP contribution in [0.15, 0.2) is 35.6 Å². The number of rotatable bonds is 16. The number of ether oxygens (including phenoxy) is 7. The number of cyclic esters (lactones) is 1. The molecule has 1 aromatic heterocycles. The number of esters is 1. The molecule has 0 unspecified atom stereocenters.